The van der Waals surface area contributed by atoms with E-state index in [4.69, 9.17) is 10.5 Å². The van der Waals surface area contributed by atoms with E-state index < -0.39 is 0 Å². The van der Waals surface area contributed by atoms with Gasteiger partial charge < -0.3 is 15.8 Å². The highest BCUT2D eigenvalue weighted by molar-refractivity contribution is 5.78. The third kappa shape index (κ3) is 5.25. The topological polar surface area (TPSA) is 59.6 Å². The van der Waals surface area contributed by atoms with Gasteiger partial charge in [0.25, 0.3) is 0 Å². The molecule has 0 aromatic carbocycles. The van der Waals surface area contributed by atoms with E-state index in [9.17, 15) is 0 Å². The smallest absolute Gasteiger partial charge is 0.188 e. The Labute approximate surface area is 111 Å². The lowest BCUT2D eigenvalue weighted by molar-refractivity contribution is -0.0624. The van der Waals surface area contributed by atoms with Crippen molar-refractivity contribution in [3.63, 3.8) is 0 Å². The Bertz CT molecular complexity index is 258. The second-order valence-corrected chi connectivity index (χ2v) is 5.59. The Morgan fingerprint density at radius 1 is 1.33 bits per heavy atom. The van der Waals surface area contributed by atoms with Crippen LogP contribution in [0.4, 0.5) is 0 Å². The van der Waals surface area contributed by atoms with Gasteiger partial charge in [0.15, 0.2) is 5.96 Å². The second-order valence-electron chi connectivity index (χ2n) is 5.59. The SMILES string of the molecule is CCCOC1(CN=C(N)NC(C)C)CCCCC1. The average molecular weight is 255 g/mol. The van der Waals surface area contributed by atoms with Crippen LogP contribution in [0, 0.1) is 0 Å². The van der Waals surface area contributed by atoms with Crippen LogP contribution in [0.3, 0.4) is 0 Å². The first kappa shape index (κ1) is 15.3. The summed E-state index contributed by atoms with van der Waals surface area (Å²) in [7, 11) is 0. The van der Waals surface area contributed by atoms with Crippen LogP contribution in [0.1, 0.15) is 59.3 Å². The Kier molecular flexibility index (Phi) is 6.47. The summed E-state index contributed by atoms with van der Waals surface area (Å²) >= 11 is 0. The quantitative estimate of drug-likeness (QED) is 0.566. The molecule has 0 radical (unpaired) electrons. The van der Waals surface area contributed by atoms with Gasteiger partial charge in [0.1, 0.15) is 0 Å². The first-order valence-electron chi connectivity index (χ1n) is 7.28. The molecule has 1 aliphatic rings. The molecular weight excluding hydrogens is 226 g/mol. The van der Waals surface area contributed by atoms with Gasteiger partial charge in [-0.3, -0.25) is 4.99 Å². The van der Waals surface area contributed by atoms with Gasteiger partial charge in [-0.1, -0.05) is 26.2 Å². The number of rotatable bonds is 6. The molecule has 0 heterocycles. The van der Waals surface area contributed by atoms with Crippen LogP contribution in [0.25, 0.3) is 0 Å². The van der Waals surface area contributed by atoms with Crippen LogP contribution in [-0.4, -0.2) is 30.8 Å². The van der Waals surface area contributed by atoms with E-state index in [1.54, 1.807) is 0 Å². The molecule has 106 valence electrons. The van der Waals surface area contributed by atoms with Crippen LogP contribution in [0.15, 0.2) is 4.99 Å². The van der Waals surface area contributed by atoms with E-state index in [2.05, 4.69) is 31.1 Å². The number of nitrogens with two attached hydrogens (primary N) is 1. The summed E-state index contributed by atoms with van der Waals surface area (Å²) in [4.78, 5) is 4.47. The van der Waals surface area contributed by atoms with Gasteiger partial charge in [-0.05, 0) is 33.1 Å². The summed E-state index contributed by atoms with van der Waals surface area (Å²) in [5.74, 6) is 0.537. The molecule has 1 rings (SSSR count). The van der Waals surface area contributed by atoms with Crippen molar-refractivity contribution in [2.75, 3.05) is 13.2 Å². The monoisotopic (exact) mass is 255 g/mol. The van der Waals surface area contributed by atoms with E-state index in [0.29, 0.717) is 18.5 Å². The van der Waals surface area contributed by atoms with Gasteiger partial charge in [-0.25, -0.2) is 0 Å². The lowest BCUT2D eigenvalue weighted by atomic mass is 9.84. The van der Waals surface area contributed by atoms with Crippen molar-refractivity contribution in [1.29, 1.82) is 0 Å². The summed E-state index contributed by atoms with van der Waals surface area (Å²) in [5, 5.41) is 3.13. The van der Waals surface area contributed by atoms with Crippen LogP contribution < -0.4 is 11.1 Å². The molecule has 0 bridgehead atoms. The number of guanidine groups is 1. The van der Waals surface area contributed by atoms with E-state index in [-0.39, 0.29) is 5.60 Å². The fraction of sp³-hybridized carbons (Fsp3) is 0.929. The third-order valence-corrected chi connectivity index (χ3v) is 3.35. The maximum absolute atomic E-state index is 6.08. The number of nitrogens with zero attached hydrogens (tertiary/aromatic N) is 1. The highest BCUT2D eigenvalue weighted by atomic mass is 16.5. The molecule has 0 spiro atoms. The van der Waals surface area contributed by atoms with Crippen LogP contribution in [0.5, 0.6) is 0 Å². The van der Waals surface area contributed by atoms with Crippen molar-refractivity contribution in [1.82, 2.24) is 5.32 Å². The van der Waals surface area contributed by atoms with E-state index in [1.165, 1.54) is 19.3 Å². The molecule has 4 nitrogen and oxygen atoms in total. The molecule has 0 aliphatic heterocycles. The number of nitrogens with one attached hydrogen (secondary N) is 1. The minimum atomic E-state index is -0.0580. The molecule has 0 aromatic heterocycles. The van der Waals surface area contributed by atoms with Crippen LogP contribution in [0.2, 0.25) is 0 Å². The number of hydrogen-bond acceptors (Lipinski definition) is 2. The van der Waals surface area contributed by atoms with Crippen molar-refractivity contribution >= 4 is 5.96 Å². The Balaban J connectivity index is 2.54. The molecule has 3 N–H and O–H groups in total. The zero-order chi connectivity index (χ0) is 13.4. The number of hydrogen-bond donors (Lipinski definition) is 2. The fourth-order valence-corrected chi connectivity index (χ4v) is 2.43. The summed E-state index contributed by atoms with van der Waals surface area (Å²) < 4.78 is 6.08. The lowest BCUT2D eigenvalue weighted by Crippen LogP contribution is -2.42. The highest BCUT2D eigenvalue weighted by Crippen LogP contribution is 2.32. The second kappa shape index (κ2) is 7.62. The van der Waals surface area contributed by atoms with Gasteiger partial charge in [0.2, 0.25) is 0 Å². The van der Waals surface area contributed by atoms with E-state index in [1.807, 2.05) is 0 Å². The molecule has 1 aliphatic carbocycles. The normalized spacial score (nSPS) is 20.1. The molecule has 0 aromatic rings. The van der Waals surface area contributed by atoms with Crippen molar-refractivity contribution in [3.8, 4) is 0 Å². The minimum Gasteiger partial charge on any atom is -0.373 e. The summed E-state index contributed by atoms with van der Waals surface area (Å²) in [6.07, 6.45) is 7.11. The Morgan fingerprint density at radius 3 is 2.56 bits per heavy atom. The number of ether oxygens (including phenoxy) is 1. The number of aliphatic imine (C=N–C) groups is 1. The van der Waals surface area contributed by atoms with Crippen LogP contribution in [-0.2, 0) is 4.74 Å². The zero-order valence-electron chi connectivity index (χ0n) is 12.2. The fourth-order valence-electron chi connectivity index (χ4n) is 2.43. The predicted molar refractivity (Wildman–Crippen MR) is 76.8 cm³/mol. The molecule has 0 unspecified atom stereocenters. The summed E-state index contributed by atoms with van der Waals surface area (Å²) in [6, 6.07) is 0.326. The predicted octanol–water partition coefficient (Wildman–Crippen LogP) is 2.43. The van der Waals surface area contributed by atoms with E-state index in [0.717, 1.165) is 25.9 Å². The van der Waals surface area contributed by atoms with Crippen molar-refractivity contribution in [3.05, 3.63) is 0 Å². The Hall–Kier alpha value is -0.770. The molecule has 18 heavy (non-hydrogen) atoms. The average Bonchev–Trinajstić information content (AvgIpc) is 2.35. The maximum atomic E-state index is 6.08. The van der Waals surface area contributed by atoms with Crippen molar-refractivity contribution < 1.29 is 4.74 Å². The van der Waals surface area contributed by atoms with Crippen molar-refractivity contribution in [2.24, 2.45) is 10.7 Å². The lowest BCUT2D eigenvalue weighted by Gasteiger charge is -2.36. The maximum Gasteiger partial charge on any atom is 0.188 e. The third-order valence-electron chi connectivity index (χ3n) is 3.35. The Morgan fingerprint density at radius 2 is 2.00 bits per heavy atom. The van der Waals surface area contributed by atoms with Gasteiger partial charge in [-0.2, -0.15) is 0 Å². The van der Waals surface area contributed by atoms with Gasteiger partial charge in [0, 0.05) is 12.6 Å². The largest absolute Gasteiger partial charge is 0.373 e. The molecule has 1 fully saturated rings. The zero-order valence-corrected chi connectivity index (χ0v) is 12.2. The minimum absolute atomic E-state index is 0.0580. The molecule has 0 amide bonds. The standard InChI is InChI=1S/C14H29N3O/c1-4-10-18-14(8-6-5-7-9-14)11-16-13(15)17-12(2)3/h12H,4-11H2,1-3H3,(H3,15,16,17). The molecule has 4 heteroatoms. The van der Waals surface area contributed by atoms with Gasteiger partial charge in [0.05, 0.1) is 12.1 Å². The summed E-state index contributed by atoms with van der Waals surface area (Å²) in [6.45, 7) is 7.79. The van der Waals surface area contributed by atoms with Crippen molar-refractivity contribution in [2.45, 2.75) is 70.9 Å². The molecule has 1 saturated carbocycles. The van der Waals surface area contributed by atoms with Crippen LogP contribution >= 0.6 is 0 Å². The molecule has 0 saturated heterocycles. The summed E-state index contributed by atoms with van der Waals surface area (Å²) in [5.41, 5.74) is 5.80. The first-order chi connectivity index (χ1) is 8.58. The first-order valence-corrected chi connectivity index (χ1v) is 7.28. The van der Waals surface area contributed by atoms with Gasteiger partial charge >= 0.3 is 0 Å². The molecule has 0 atom stereocenters. The van der Waals surface area contributed by atoms with E-state index >= 15 is 0 Å². The van der Waals surface area contributed by atoms with Gasteiger partial charge in [-0.15, -0.1) is 0 Å². The molecular formula is C14H29N3O. The highest BCUT2D eigenvalue weighted by Gasteiger charge is 2.32.